The van der Waals surface area contributed by atoms with E-state index in [1.165, 1.54) is 6.08 Å². The number of Topliss-reactive ketones (excluding diaryl/α,β-unsaturated/α-hetero) is 1. The van der Waals surface area contributed by atoms with Gasteiger partial charge in [0.1, 0.15) is 0 Å². The molecule has 0 saturated carbocycles. The van der Waals surface area contributed by atoms with Crippen molar-refractivity contribution in [1.82, 2.24) is 0 Å². The summed E-state index contributed by atoms with van der Waals surface area (Å²) < 4.78 is 10.5. The molecule has 0 spiro atoms. The molecule has 84 valence electrons. The van der Waals surface area contributed by atoms with Gasteiger partial charge in [-0.15, -0.1) is 0 Å². The zero-order valence-corrected chi connectivity index (χ0v) is 11.1. The van der Waals surface area contributed by atoms with Crippen LogP contribution in [0.5, 0.6) is 0 Å². The third kappa shape index (κ3) is 1.50. The average Bonchev–Trinajstić information content (AvgIpc) is 2.34. The summed E-state index contributed by atoms with van der Waals surface area (Å²) in [6, 6.07) is 7.44. The first-order valence-electron chi connectivity index (χ1n) is 5.35. The molecule has 0 saturated heterocycles. The standard InChI is InChI=1S/C13H10GeO3/c15-11-6-5-9-7-8-3-1-2-4-10(8)13(16)12(9)14(11)17/h1-6,15,17H,7H2. The van der Waals surface area contributed by atoms with E-state index in [4.69, 9.17) is 0 Å². The van der Waals surface area contributed by atoms with Gasteiger partial charge in [-0.2, -0.15) is 0 Å². The summed E-state index contributed by atoms with van der Waals surface area (Å²) in [5.41, 5.74) is 2.52. The van der Waals surface area contributed by atoms with Crippen molar-refractivity contribution < 1.29 is 14.0 Å². The number of fused-ring (bicyclic) bond motifs is 1. The van der Waals surface area contributed by atoms with E-state index < -0.39 is 14.2 Å². The minimum absolute atomic E-state index is 0.00326. The van der Waals surface area contributed by atoms with Crippen LogP contribution in [0, 0.1) is 0 Å². The Kier molecular flexibility index (Phi) is 2.29. The zero-order chi connectivity index (χ0) is 12.0. The molecule has 2 N–H and O–H groups in total. The number of rotatable bonds is 0. The Labute approximate surface area is 103 Å². The SMILES string of the molecule is O=C1[C]2=C(C=C[C](O)=[Ge]2[OH])Cc2ccccc21. The van der Waals surface area contributed by atoms with E-state index in [0.29, 0.717) is 16.4 Å². The van der Waals surface area contributed by atoms with Crippen molar-refractivity contribution in [2.75, 3.05) is 0 Å². The summed E-state index contributed by atoms with van der Waals surface area (Å²) >= 11 is -2.92. The van der Waals surface area contributed by atoms with Crippen LogP contribution in [0.1, 0.15) is 15.9 Å². The van der Waals surface area contributed by atoms with Gasteiger partial charge in [0.05, 0.1) is 0 Å². The fourth-order valence-electron chi connectivity index (χ4n) is 2.26. The predicted octanol–water partition coefficient (Wildman–Crippen LogP) is 0.899. The summed E-state index contributed by atoms with van der Waals surface area (Å²) in [5, 5.41) is 9.55. The van der Waals surface area contributed by atoms with E-state index in [0.717, 1.165) is 11.1 Å². The first-order valence-corrected chi connectivity index (χ1v) is 8.38. The van der Waals surface area contributed by atoms with Crippen LogP contribution in [0.4, 0.5) is 0 Å². The quantitative estimate of drug-likeness (QED) is 0.697. The molecule has 1 aromatic rings. The molecule has 0 atom stereocenters. The first-order chi connectivity index (χ1) is 8.18. The van der Waals surface area contributed by atoms with Crippen molar-refractivity contribution >= 4 is 24.6 Å². The number of hydrogen-bond acceptors (Lipinski definition) is 3. The molecule has 0 radical (unpaired) electrons. The summed E-state index contributed by atoms with van der Waals surface area (Å²) in [7, 11) is 0. The molecule has 4 heteroatoms. The van der Waals surface area contributed by atoms with Crippen LogP contribution in [0.25, 0.3) is 0 Å². The van der Waals surface area contributed by atoms with Crippen LogP contribution in [0.2, 0.25) is 0 Å². The topological polar surface area (TPSA) is 57.5 Å². The number of carbonyl (C=O) groups is 1. The summed E-state index contributed by atoms with van der Waals surface area (Å²) in [5.74, 6) is -0.116. The van der Waals surface area contributed by atoms with Gasteiger partial charge in [0.2, 0.25) is 0 Å². The number of hydrogen-bond donors (Lipinski definition) is 2. The third-order valence-corrected chi connectivity index (χ3v) is 6.62. The van der Waals surface area contributed by atoms with Crippen LogP contribution in [0.15, 0.2) is 46.4 Å². The molecule has 0 unspecified atom stereocenters. The molecule has 1 aliphatic carbocycles. The van der Waals surface area contributed by atoms with Gasteiger partial charge in [-0.05, 0) is 0 Å². The molecule has 0 aromatic heterocycles. The molecule has 3 rings (SSSR count). The summed E-state index contributed by atoms with van der Waals surface area (Å²) in [6.07, 6.45) is 3.93. The van der Waals surface area contributed by atoms with Crippen molar-refractivity contribution in [3.8, 4) is 0 Å². The van der Waals surface area contributed by atoms with E-state index in [1.54, 1.807) is 12.1 Å². The van der Waals surface area contributed by atoms with Crippen LogP contribution in [-0.2, 0) is 6.42 Å². The number of carbonyl (C=O) groups excluding carboxylic acids is 1. The molecular formula is C13H10GeO3. The Hall–Kier alpha value is -1.62. The molecule has 0 amide bonds. The molecule has 0 fully saturated rings. The fraction of sp³-hybridized carbons (Fsp3) is 0.0769. The van der Waals surface area contributed by atoms with Gasteiger partial charge in [-0.25, -0.2) is 0 Å². The number of aliphatic hydroxyl groups excluding tert-OH is 1. The van der Waals surface area contributed by atoms with Crippen molar-refractivity contribution in [2.24, 2.45) is 0 Å². The molecule has 1 aromatic carbocycles. The Bertz CT molecular complexity index is 623. The third-order valence-electron chi connectivity index (χ3n) is 3.11. The van der Waals surface area contributed by atoms with Crippen LogP contribution >= 0.6 is 0 Å². The number of allylic oxidation sites excluding steroid dienone is 3. The Morgan fingerprint density at radius 2 is 1.94 bits per heavy atom. The van der Waals surface area contributed by atoms with Gasteiger partial charge < -0.3 is 0 Å². The predicted molar refractivity (Wildman–Crippen MR) is 65.6 cm³/mol. The maximum atomic E-state index is 12.3. The first kappa shape index (κ1) is 10.5. The zero-order valence-electron chi connectivity index (χ0n) is 8.97. The number of ketones is 1. The van der Waals surface area contributed by atoms with Gasteiger partial charge in [-0.3, -0.25) is 0 Å². The van der Waals surface area contributed by atoms with E-state index >= 15 is 0 Å². The van der Waals surface area contributed by atoms with Crippen molar-refractivity contribution in [1.29, 1.82) is 0 Å². The molecule has 3 nitrogen and oxygen atoms in total. The van der Waals surface area contributed by atoms with Gasteiger partial charge in [0.15, 0.2) is 0 Å². The average molecular weight is 287 g/mol. The molecule has 1 heterocycles. The second kappa shape index (κ2) is 3.70. The Morgan fingerprint density at radius 3 is 2.76 bits per heavy atom. The fourth-order valence-corrected chi connectivity index (χ4v) is 5.03. The molecule has 2 aliphatic rings. The van der Waals surface area contributed by atoms with E-state index in [9.17, 15) is 14.0 Å². The molecule has 0 bridgehead atoms. The van der Waals surface area contributed by atoms with E-state index in [1.807, 2.05) is 18.2 Å². The van der Waals surface area contributed by atoms with Crippen LogP contribution in [-0.4, -0.2) is 33.8 Å². The second-order valence-electron chi connectivity index (χ2n) is 4.13. The summed E-state index contributed by atoms with van der Waals surface area (Å²) in [6.45, 7) is 0. The van der Waals surface area contributed by atoms with Crippen LogP contribution < -0.4 is 0 Å². The Morgan fingerprint density at radius 1 is 1.18 bits per heavy atom. The summed E-state index contributed by atoms with van der Waals surface area (Å²) in [4.78, 5) is 12.3. The molecule has 1 aliphatic heterocycles. The molecule has 17 heavy (non-hydrogen) atoms. The van der Waals surface area contributed by atoms with Crippen molar-refractivity contribution in [3.63, 3.8) is 0 Å². The van der Waals surface area contributed by atoms with Gasteiger partial charge >= 0.3 is 103 Å². The molecular weight excluding hydrogens is 277 g/mol. The van der Waals surface area contributed by atoms with Crippen LogP contribution in [0.3, 0.4) is 0 Å². The van der Waals surface area contributed by atoms with Crippen molar-refractivity contribution in [3.05, 3.63) is 57.5 Å². The minimum atomic E-state index is -2.92. The Balaban J connectivity index is 2.22. The second-order valence-corrected chi connectivity index (χ2v) is 7.72. The van der Waals surface area contributed by atoms with E-state index in [-0.39, 0.29) is 10.3 Å². The van der Waals surface area contributed by atoms with Gasteiger partial charge in [-0.1, -0.05) is 0 Å². The number of benzene rings is 1. The van der Waals surface area contributed by atoms with Gasteiger partial charge in [0.25, 0.3) is 0 Å². The van der Waals surface area contributed by atoms with E-state index in [2.05, 4.69) is 0 Å². The monoisotopic (exact) mass is 288 g/mol. The van der Waals surface area contributed by atoms with Gasteiger partial charge in [0, 0.05) is 0 Å². The normalized spacial score (nSPS) is 18.2. The maximum absolute atomic E-state index is 12.3. The number of aliphatic hydroxyl groups is 1. The van der Waals surface area contributed by atoms with Crippen molar-refractivity contribution in [2.45, 2.75) is 6.42 Å².